The summed E-state index contributed by atoms with van der Waals surface area (Å²) in [5.41, 5.74) is 0. The van der Waals surface area contributed by atoms with Crippen molar-refractivity contribution in [3.63, 3.8) is 0 Å². The Balaban J connectivity index is 0.00000169. The van der Waals surface area contributed by atoms with E-state index in [9.17, 15) is 9.90 Å². The number of aliphatic hydroxyl groups is 4. The van der Waals surface area contributed by atoms with Gasteiger partial charge < -0.3 is 35.1 Å². The molecule has 1 heterocycles. The predicted molar refractivity (Wildman–Crippen MR) is 33.9 cm³/mol. The van der Waals surface area contributed by atoms with Gasteiger partial charge in [-0.15, -0.1) is 0 Å². The van der Waals surface area contributed by atoms with Gasteiger partial charge in [0.1, 0.15) is 24.4 Å². The summed E-state index contributed by atoms with van der Waals surface area (Å²) in [7, 11) is 0. The largest absolute Gasteiger partial charge is 1.00 e. The molecule has 0 saturated carbocycles. The van der Waals surface area contributed by atoms with E-state index in [-0.39, 0.29) is 29.6 Å². The summed E-state index contributed by atoms with van der Waals surface area (Å²) < 4.78 is 4.28. The fourth-order valence-corrected chi connectivity index (χ4v) is 1.06. The van der Waals surface area contributed by atoms with Gasteiger partial charge in [-0.1, -0.05) is 0 Å². The topological polar surface area (TPSA) is 130 Å². The van der Waals surface area contributed by atoms with Crippen LogP contribution in [0, 0.1) is 0 Å². The third kappa shape index (κ3) is 2.65. The zero-order valence-corrected chi connectivity index (χ0v) is 9.40. The van der Waals surface area contributed by atoms with Crippen molar-refractivity contribution in [2.45, 2.75) is 30.7 Å². The second-order valence-corrected chi connectivity index (χ2v) is 2.74. The molecule has 8 heteroatoms. The Morgan fingerprint density at radius 2 is 1.57 bits per heavy atom. The molecule has 4 N–H and O–H groups in total. The molecule has 0 spiro atoms. The minimum Gasteiger partial charge on any atom is -0.547 e. The molecule has 0 amide bonds. The van der Waals surface area contributed by atoms with Crippen molar-refractivity contribution in [3.8, 4) is 0 Å². The molecular weight excluding hydrogens is 207 g/mol. The van der Waals surface area contributed by atoms with Crippen molar-refractivity contribution in [2.24, 2.45) is 0 Å². The Bertz CT molecular complexity index is 210. The molecule has 1 aliphatic heterocycles. The van der Waals surface area contributed by atoms with E-state index in [4.69, 9.17) is 20.4 Å². The summed E-state index contributed by atoms with van der Waals surface area (Å²) in [6, 6.07) is 0. The second-order valence-electron chi connectivity index (χ2n) is 2.74. The Morgan fingerprint density at radius 1 is 1.07 bits per heavy atom. The number of rotatable bonds is 1. The van der Waals surface area contributed by atoms with Gasteiger partial charge in [0.05, 0.1) is 5.97 Å². The van der Waals surface area contributed by atoms with E-state index in [1.165, 1.54) is 0 Å². The number of hydrogen-bond acceptors (Lipinski definition) is 7. The Kier molecular flexibility index (Phi) is 5.48. The summed E-state index contributed by atoms with van der Waals surface area (Å²) in [6.45, 7) is 0. The second kappa shape index (κ2) is 5.38. The van der Waals surface area contributed by atoms with Crippen LogP contribution in [0.2, 0.25) is 0 Å². The van der Waals surface area contributed by atoms with Gasteiger partial charge in [0.2, 0.25) is 0 Å². The molecule has 0 aromatic carbocycles. The molecule has 0 aliphatic carbocycles. The number of carboxylic acid groups (broad SMARTS) is 1. The van der Waals surface area contributed by atoms with E-state index in [0.717, 1.165) is 0 Å². The van der Waals surface area contributed by atoms with Crippen LogP contribution in [0.4, 0.5) is 0 Å². The SMILES string of the molecule is O=C([O-])[C@@H]1OC(O)[C@H](O)[C@@H](O)[C@@H]1O.[Na+]. The number of ether oxygens (including phenoxy) is 1. The Hall–Kier alpha value is 0.270. The molecule has 1 saturated heterocycles. The maximum Gasteiger partial charge on any atom is 1.00 e. The predicted octanol–water partition coefficient (Wildman–Crippen LogP) is -7.46. The Labute approximate surface area is 101 Å². The molecule has 5 atom stereocenters. The van der Waals surface area contributed by atoms with Gasteiger partial charge in [0, 0.05) is 0 Å². The van der Waals surface area contributed by atoms with Gasteiger partial charge in [-0.05, 0) is 0 Å². The van der Waals surface area contributed by atoms with Crippen LogP contribution in [-0.2, 0) is 9.53 Å². The number of carboxylic acids is 1. The van der Waals surface area contributed by atoms with Crippen LogP contribution in [0.1, 0.15) is 0 Å². The van der Waals surface area contributed by atoms with E-state index in [0.29, 0.717) is 0 Å². The van der Waals surface area contributed by atoms with E-state index >= 15 is 0 Å². The van der Waals surface area contributed by atoms with Gasteiger partial charge in [-0.3, -0.25) is 0 Å². The molecule has 76 valence electrons. The maximum absolute atomic E-state index is 10.3. The molecule has 1 fully saturated rings. The van der Waals surface area contributed by atoms with Crippen LogP contribution in [0.15, 0.2) is 0 Å². The monoisotopic (exact) mass is 216 g/mol. The van der Waals surface area contributed by atoms with E-state index in [1.54, 1.807) is 0 Å². The molecule has 14 heavy (non-hydrogen) atoms. The quantitative estimate of drug-likeness (QED) is 0.320. The molecule has 7 nitrogen and oxygen atoms in total. The molecule has 0 radical (unpaired) electrons. The average molecular weight is 216 g/mol. The molecule has 1 unspecified atom stereocenters. The molecule has 0 aromatic heterocycles. The van der Waals surface area contributed by atoms with Crippen molar-refractivity contribution < 1.29 is 64.6 Å². The van der Waals surface area contributed by atoms with Crippen LogP contribution < -0.4 is 34.7 Å². The van der Waals surface area contributed by atoms with Crippen molar-refractivity contribution in [1.29, 1.82) is 0 Å². The molecule has 0 bridgehead atoms. The zero-order valence-electron chi connectivity index (χ0n) is 7.40. The third-order valence-electron chi connectivity index (χ3n) is 1.82. The molecule has 1 rings (SSSR count). The average Bonchev–Trinajstić information content (AvgIpc) is 2.07. The normalized spacial score (nSPS) is 42.7. The number of carbonyl (C=O) groups excluding carboxylic acids is 1. The van der Waals surface area contributed by atoms with Crippen LogP contribution in [0.3, 0.4) is 0 Å². The number of hydrogen-bond donors (Lipinski definition) is 4. The molecule has 1 aliphatic rings. The van der Waals surface area contributed by atoms with Gasteiger partial charge in [0.25, 0.3) is 0 Å². The van der Waals surface area contributed by atoms with Gasteiger partial charge >= 0.3 is 29.6 Å². The van der Waals surface area contributed by atoms with Crippen molar-refractivity contribution >= 4 is 5.97 Å². The third-order valence-corrected chi connectivity index (χ3v) is 1.82. The van der Waals surface area contributed by atoms with E-state index in [2.05, 4.69) is 4.74 Å². The van der Waals surface area contributed by atoms with Crippen LogP contribution in [0.25, 0.3) is 0 Å². The fourth-order valence-electron chi connectivity index (χ4n) is 1.06. The van der Waals surface area contributed by atoms with Crippen LogP contribution in [0.5, 0.6) is 0 Å². The summed E-state index contributed by atoms with van der Waals surface area (Å²) >= 11 is 0. The first kappa shape index (κ1) is 14.3. The van der Waals surface area contributed by atoms with Crippen LogP contribution in [-0.4, -0.2) is 57.1 Å². The molecule has 0 aromatic rings. The van der Waals surface area contributed by atoms with E-state index in [1.807, 2.05) is 0 Å². The maximum atomic E-state index is 10.3. The summed E-state index contributed by atoms with van der Waals surface area (Å²) in [4.78, 5) is 10.3. The van der Waals surface area contributed by atoms with Gasteiger partial charge in [-0.2, -0.15) is 0 Å². The number of carbonyl (C=O) groups is 1. The van der Waals surface area contributed by atoms with Crippen molar-refractivity contribution in [1.82, 2.24) is 0 Å². The Morgan fingerprint density at radius 3 is 2.00 bits per heavy atom. The minimum absolute atomic E-state index is 0. The first-order valence-electron chi connectivity index (χ1n) is 3.53. The first-order chi connectivity index (χ1) is 5.95. The van der Waals surface area contributed by atoms with Crippen LogP contribution >= 0.6 is 0 Å². The fraction of sp³-hybridized carbons (Fsp3) is 0.833. The minimum atomic E-state index is -1.85. The van der Waals surface area contributed by atoms with E-state index < -0.39 is 36.7 Å². The van der Waals surface area contributed by atoms with Crippen molar-refractivity contribution in [3.05, 3.63) is 0 Å². The standard InChI is InChI=1S/C6H10O7.Na/c7-1-2(8)4(5(10)11)13-6(12)3(1)9;/h1-4,6-9,12H,(H,10,11);/q;+1/p-1/t1-,2-,3+,4+,6?;/m0./s1. The summed E-state index contributed by atoms with van der Waals surface area (Å²) in [6.07, 6.45) is -9.00. The van der Waals surface area contributed by atoms with Crippen molar-refractivity contribution in [2.75, 3.05) is 0 Å². The number of aliphatic carboxylic acids is 1. The number of aliphatic hydroxyl groups excluding tert-OH is 4. The summed E-state index contributed by atoms with van der Waals surface area (Å²) in [5.74, 6) is -1.77. The van der Waals surface area contributed by atoms with Gasteiger partial charge in [0.15, 0.2) is 6.29 Å². The summed E-state index contributed by atoms with van der Waals surface area (Å²) in [5, 5.41) is 46.1. The molecular formula is C6H9NaO7. The first-order valence-corrected chi connectivity index (χ1v) is 3.53. The smallest absolute Gasteiger partial charge is 0.547 e. The van der Waals surface area contributed by atoms with Gasteiger partial charge in [-0.25, -0.2) is 0 Å². The zero-order chi connectivity index (χ0) is 10.2.